The summed E-state index contributed by atoms with van der Waals surface area (Å²) in [4.78, 5) is 16.2. The van der Waals surface area contributed by atoms with E-state index in [1.807, 2.05) is 0 Å². The maximum absolute atomic E-state index is 11.2. The van der Waals surface area contributed by atoms with Gasteiger partial charge in [-0.1, -0.05) is 11.6 Å². The van der Waals surface area contributed by atoms with Gasteiger partial charge in [0.25, 0.3) is 0 Å². The molecule has 0 atom stereocenters. The maximum atomic E-state index is 11.2. The van der Waals surface area contributed by atoms with Crippen molar-refractivity contribution < 1.29 is 13.2 Å². The van der Waals surface area contributed by atoms with Crippen LogP contribution >= 0.6 is 11.6 Å². The van der Waals surface area contributed by atoms with E-state index < -0.39 is 10.0 Å². The summed E-state index contributed by atoms with van der Waals surface area (Å²) in [5, 5.41) is 3.42. The summed E-state index contributed by atoms with van der Waals surface area (Å²) in [5.74, 6) is 1.13. The fourth-order valence-corrected chi connectivity index (χ4v) is 2.80. The second-order valence-electron chi connectivity index (χ2n) is 5.63. The van der Waals surface area contributed by atoms with Crippen LogP contribution in [0.3, 0.4) is 0 Å². The Morgan fingerprint density at radius 3 is 2.46 bits per heavy atom. The molecule has 28 heavy (non-hydrogen) atoms. The predicted molar refractivity (Wildman–Crippen MR) is 106 cm³/mol. The first kappa shape index (κ1) is 19.6. The molecule has 2 aromatic heterocycles. The van der Waals surface area contributed by atoms with Crippen molar-refractivity contribution >= 4 is 39.2 Å². The number of aromatic nitrogens is 4. The molecule has 3 rings (SSSR count). The van der Waals surface area contributed by atoms with Gasteiger partial charge in [-0.3, -0.25) is 4.72 Å². The number of nitrogens with one attached hydrogen (secondary N) is 2. The van der Waals surface area contributed by atoms with Gasteiger partial charge in [-0.25, -0.2) is 23.4 Å². The number of hydrogen-bond donors (Lipinski definition) is 3. The highest BCUT2D eigenvalue weighted by Gasteiger charge is 2.07. The first-order valence-electron chi connectivity index (χ1n) is 7.87. The van der Waals surface area contributed by atoms with Crippen LogP contribution in [-0.2, 0) is 16.6 Å². The van der Waals surface area contributed by atoms with Crippen molar-refractivity contribution in [2.45, 2.75) is 6.54 Å². The Morgan fingerprint density at radius 2 is 1.82 bits per heavy atom. The predicted octanol–water partition coefficient (Wildman–Crippen LogP) is 2.28. The smallest absolute Gasteiger partial charge is 0.229 e. The third-order valence-corrected chi connectivity index (χ3v) is 4.00. The molecule has 0 unspecified atom stereocenters. The molecule has 0 saturated carbocycles. The van der Waals surface area contributed by atoms with E-state index in [-0.39, 0.29) is 11.8 Å². The quantitative estimate of drug-likeness (QED) is 0.522. The average Bonchev–Trinajstić information content (AvgIpc) is 2.61. The second-order valence-corrected chi connectivity index (χ2v) is 7.82. The van der Waals surface area contributed by atoms with Crippen LogP contribution in [-0.4, -0.2) is 34.6 Å². The number of benzene rings is 1. The van der Waals surface area contributed by atoms with Gasteiger partial charge in [-0.2, -0.15) is 4.98 Å². The largest absolute Gasteiger partial charge is 0.439 e. The zero-order chi connectivity index (χ0) is 20.1. The van der Waals surface area contributed by atoms with Crippen molar-refractivity contribution in [3.63, 3.8) is 0 Å². The van der Waals surface area contributed by atoms with Gasteiger partial charge in [0.2, 0.25) is 27.8 Å². The third-order valence-electron chi connectivity index (χ3n) is 3.20. The van der Waals surface area contributed by atoms with Crippen molar-refractivity contribution in [3.05, 3.63) is 53.4 Å². The van der Waals surface area contributed by atoms with Gasteiger partial charge in [0.15, 0.2) is 0 Å². The lowest BCUT2D eigenvalue weighted by molar-refractivity contribution is 0.461. The Kier molecular flexibility index (Phi) is 5.76. The van der Waals surface area contributed by atoms with Crippen LogP contribution in [0.15, 0.2) is 42.7 Å². The minimum atomic E-state index is -3.34. The number of hydrogen-bond acceptors (Lipinski definition) is 9. The highest BCUT2D eigenvalue weighted by molar-refractivity contribution is 7.92. The monoisotopic (exact) mass is 421 g/mol. The van der Waals surface area contributed by atoms with Crippen molar-refractivity contribution in [3.8, 4) is 11.6 Å². The van der Waals surface area contributed by atoms with Crippen molar-refractivity contribution in [2.75, 3.05) is 22.0 Å². The molecular weight excluding hydrogens is 406 g/mol. The summed E-state index contributed by atoms with van der Waals surface area (Å²) in [6, 6.07) is 7.96. The molecule has 0 aliphatic rings. The van der Waals surface area contributed by atoms with Gasteiger partial charge in [0, 0.05) is 11.8 Å². The van der Waals surface area contributed by atoms with Crippen molar-refractivity contribution in [2.24, 2.45) is 0 Å². The van der Waals surface area contributed by atoms with Crippen LogP contribution in [0.1, 0.15) is 5.69 Å². The summed E-state index contributed by atoms with van der Waals surface area (Å²) >= 11 is 5.75. The Bertz CT molecular complexity index is 1060. The number of halogens is 1. The van der Waals surface area contributed by atoms with Crippen LogP contribution in [0, 0.1) is 0 Å². The van der Waals surface area contributed by atoms with Crippen LogP contribution in [0.4, 0.5) is 17.6 Å². The molecule has 12 heteroatoms. The van der Waals surface area contributed by atoms with E-state index in [9.17, 15) is 8.42 Å². The average molecular weight is 422 g/mol. The molecule has 0 aliphatic heterocycles. The van der Waals surface area contributed by atoms with Gasteiger partial charge in [-0.05, 0) is 24.3 Å². The highest BCUT2D eigenvalue weighted by atomic mass is 35.5. The number of nitrogens with two attached hydrogens (primary N) is 1. The number of ether oxygens (including phenoxy) is 1. The van der Waals surface area contributed by atoms with Crippen molar-refractivity contribution in [1.82, 2.24) is 19.9 Å². The van der Waals surface area contributed by atoms with E-state index >= 15 is 0 Å². The lowest BCUT2D eigenvalue weighted by Crippen LogP contribution is -2.09. The summed E-state index contributed by atoms with van der Waals surface area (Å²) in [6.45, 7) is 0.294. The molecule has 0 saturated heterocycles. The van der Waals surface area contributed by atoms with E-state index in [0.29, 0.717) is 34.6 Å². The number of rotatable bonds is 7. The Labute approximate surface area is 166 Å². The Morgan fingerprint density at radius 1 is 1.14 bits per heavy atom. The van der Waals surface area contributed by atoms with Gasteiger partial charge < -0.3 is 15.8 Å². The molecule has 2 heterocycles. The molecule has 3 aromatic rings. The van der Waals surface area contributed by atoms with Crippen LogP contribution in [0.5, 0.6) is 11.6 Å². The molecule has 146 valence electrons. The number of nitrogens with zero attached hydrogens (tertiary/aromatic N) is 4. The standard InChI is InChI=1S/C16H16ClN7O3S/c1-28(25,26)24-11-2-4-13(5-3-11)27-14-6-12(22-15(18)23-14)9-21-16-19-7-10(17)8-20-16/h2-8,24H,9H2,1H3,(H2,18,22,23)(H,19,20,21). The fraction of sp³-hybridized carbons (Fsp3) is 0.125. The lowest BCUT2D eigenvalue weighted by Gasteiger charge is -2.09. The molecule has 0 amide bonds. The summed E-state index contributed by atoms with van der Waals surface area (Å²) in [5.41, 5.74) is 6.73. The van der Waals surface area contributed by atoms with E-state index in [4.69, 9.17) is 22.1 Å². The molecular formula is C16H16ClN7O3S. The Balaban J connectivity index is 1.68. The zero-order valence-electron chi connectivity index (χ0n) is 14.6. The van der Waals surface area contributed by atoms with Gasteiger partial charge >= 0.3 is 0 Å². The molecule has 0 spiro atoms. The Hall–Kier alpha value is -3.18. The summed E-state index contributed by atoms with van der Waals surface area (Å²) < 4.78 is 30.5. The lowest BCUT2D eigenvalue weighted by atomic mass is 10.3. The molecule has 4 N–H and O–H groups in total. The van der Waals surface area contributed by atoms with E-state index in [0.717, 1.165) is 6.26 Å². The third kappa shape index (κ3) is 5.93. The number of sulfonamides is 1. The molecule has 0 fully saturated rings. The van der Waals surface area contributed by atoms with E-state index in [2.05, 4.69) is 30.0 Å². The minimum Gasteiger partial charge on any atom is -0.439 e. The SMILES string of the molecule is CS(=O)(=O)Nc1ccc(Oc2cc(CNc3ncc(Cl)cn3)nc(N)n2)cc1. The van der Waals surface area contributed by atoms with Crippen molar-refractivity contribution in [1.29, 1.82) is 0 Å². The number of nitrogen functional groups attached to an aromatic ring is 1. The molecule has 0 bridgehead atoms. The molecule has 0 radical (unpaired) electrons. The molecule has 10 nitrogen and oxygen atoms in total. The summed E-state index contributed by atoms with van der Waals surface area (Å²) in [6.07, 6.45) is 4.02. The molecule has 1 aromatic carbocycles. The summed E-state index contributed by atoms with van der Waals surface area (Å²) in [7, 11) is -3.34. The normalized spacial score (nSPS) is 11.1. The second kappa shape index (κ2) is 8.23. The first-order valence-corrected chi connectivity index (χ1v) is 10.1. The van der Waals surface area contributed by atoms with Gasteiger partial charge in [0.05, 0.1) is 35.9 Å². The van der Waals surface area contributed by atoms with Gasteiger partial charge in [-0.15, -0.1) is 0 Å². The van der Waals surface area contributed by atoms with Crippen LogP contribution in [0.2, 0.25) is 5.02 Å². The van der Waals surface area contributed by atoms with Crippen LogP contribution in [0.25, 0.3) is 0 Å². The maximum Gasteiger partial charge on any atom is 0.229 e. The topological polar surface area (TPSA) is 145 Å². The van der Waals surface area contributed by atoms with Gasteiger partial charge in [0.1, 0.15) is 5.75 Å². The highest BCUT2D eigenvalue weighted by Crippen LogP contribution is 2.23. The van der Waals surface area contributed by atoms with Crippen LogP contribution < -0.4 is 20.5 Å². The zero-order valence-corrected chi connectivity index (χ0v) is 16.2. The minimum absolute atomic E-state index is 0.0432. The molecule has 0 aliphatic carbocycles. The first-order chi connectivity index (χ1) is 13.3. The van der Waals surface area contributed by atoms with E-state index in [1.54, 1.807) is 30.3 Å². The fourth-order valence-electron chi connectivity index (χ4n) is 2.13. The number of anilines is 3. The van der Waals surface area contributed by atoms with E-state index in [1.165, 1.54) is 12.4 Å².